The molecule has 3 aromatic rings. The van der Waals surface area contributed by atoms with Crippen molar-refractivity contribution in [1.29, 1.82) is 0 Å². The maximum absolute atomic E-state index is 13.4. The average molecular weight is 428 g/mol. The first kappa shape index (κ1) is 20.4. The van der Waals surface area contributed by atoms with Crippen LogP contribution in [-0.2, 0) is 0 Å². The van der Waals surface area contributed by atoms with Crippen LogP contribution < -0.4 is 10.2 Å². The molecule has 1 aliphatic heterocycles. The predicted octanol–water partition coefficient (Wildman–Crippen LogP) is 4.08. The number of aryl methyl sites for hydroxylation is 1. The van der Waals surface area contributed by atoms with Crippen LogP contribution in [0, 0.1) is 6.92 Å². The number of fused-ring (bicyclic) bond motifs is 2. The standard InChI is InChI=1S/C23H22ClNO5/c1-3-29-15-7-5-14(6-8-15)20-19-21(27)16-12-17(24)13(2)11-18(16)30-22(19)23(28)25(20)9-4-10-26/h5-8,11-12,20,26H,3-4,9-10H2,1-2H3. The van der Waals surface area contributed by atoms with Crippen molar-refractivity contribution in [3.05, 3.63) is 74.1 Å². The average Bonchev–Trinajstić information content (AvgIpc) is 3.01. The molecule has 4 rings (SSSR count). The van der Waals surface area contributed by atoms with Crippen LogP contribution >= 0.6 is 11.6 Å². The van der Waals surface area contributed by atoms with Crippen molar-refractivity contribution in [2.75, 3.05) is 19.8 Å². The number of hydrogen-bond acceptors (Lipinski definition) is 5. The van der Waals surface area contributed by atoms with Gasteiger partial charge in [-0.05, 0) is 55.7 Å². The number of amides is 1. The second-order valence-corrected chi connectivity index (χ2v) is 7.66. The summed E-state index contributed by atoms with van der Waals surface area (Å²) < 4.78 is 11.4. The quantitative estimate of drug-likeness (QED) is 0.641. The van der Waals surface area contributed by atoms with Gasteiger partial charge in [-0.2, -0.15) is 0 Å². The fourth-order valence-electron chi connectivity index (χ4n) is 3.87. The van der Waals surface area contributed by atoms with Crippen molar-refractivity contribution >= 4 is 28.5 Å². The largest absolute Gasteiger partial charge is 0.494 e. The van der Waals surface area contributed by atoms with E-state index in [9.17, 15) is 14.7 Å². The molecule has 0 aliphatic carbocycles. The van der Waals surface area contributed by atoms with Gasteiger partial charge in [-0.25, -0.2) is 0 Å². The van der Waals surface area contributed by atoms with Gasteiger partial charge in [0, 0.05) is 18.2 Å². The highest BCUT2D eigenvalue weighted by Gasteiger charge is 2.42. The number of carbonyl (C=O) groups is 1. The Labute approximate surface area is 178 Å². The molecule has 30 heavy (non-hydrogen) atoms. The van der Waals surface area contributed by atoms with Crippen LogP contribution in [-0.4, -0.2) is 35.7 Å². The van der Waals surface area contributed by atoms with E-state index < -0.39 is 6.04 Å². The smallest absolute Gasteiger partial charge is 0.290 e. The minimum atomic E-state index is -0.601. The molecule has 6 nitrogen and oxygen atoms in total. The molecule has 2 aromatic carbocycles. The number of aliphatic hydroxyl groups excluding tert-OH is 1. The minimum Gasteiger partial charge on any atom is -0.494 e. The van der Waals surface area contributed by atoms with Gasteiger partial charge in [0.25, 0.3) is 5.91 Å². The van der Waals surface area contributed by atoms with E-state index in [1.807, 2.05) is 38.1 Å². The molecule has 7 heteroatoms. The van der Waals surface area contributed by atoms with Crippen LogP contribution in [0.4, 0.5) is 0 Å². The maximum Gasteiger partial charge on any atom is 0.290 e. The molecule has 0 bridgehead atoms. The van der Waals surface area contributed by atoms with Crippen molar-refractivity contribution in [2.24, 2.45) is 0 Å². The molecule has 1 unspecified atom stereocenters. The number of hydrogen-bond donors (Lipinski definition) is 1. The first-order valence-corrected chi connectivity index (χ1v) is 10.3. The Morgan fingerprint density at radius 3 is 2.60 bits per heavy atom. The Morgan fingerprint density at radius 1 is 1.20 bits per heavy atom. The Balaban J connectivity index is 1.91. The Morgan fingerprint density at radius 2 is 1.93 bits per heavy atom. The molecule has 0 spiro atoms. The third-order valence-corrected chi connectivity index (χ3v) is 5.72. The number of carbonyl (C=O) groups excluding carboxylic acids is 1. The number of nitrogens with zero attached hydrogens (tertiary/aromatic N) is 1. The third kappa shape index (κ3) is 3.36. The summed E-state index contributed by atoms with van der Waals surface area (Å²) in [5.41, 5.74) is 1.90. The van der Waals surface area contributed by atoms with Gasteiger partial charge in [0.2, 0.25) is 5.76 Å². The number of halogens is 1. The predicted molar refractivity (Wildman–Crippen MR) is 114 cm³/mol. The lowest BCUT2D eigenvalue weighted by molar-refractivity contribution is 0.0716. The van der Waals surface area contributed by atoms with Gasteiger partial charge in [-0.15, -0.1) is 0 Å². The Kier molecular flexibility index (Phi) is 5.54. The van der Waals surface area contributed by atoms with Gasteiger partial charge in [-0.1, -0.05) is 23.7 Å². The van der Waals surface area contributed by atoms with Crippen molar-refractivity contribution in [3.8, 4) is 5.75 Å². The highest BCUT2D eigenvalue weighted by molar-refractivity contribution is 6.32. The van der Waals surface area contributed by atoms with Gasteiger partial charge in [0.05, 0.1) is 23.6 Å². The van der Waals surface area contributed by atoms with Gasteiger partial charge >= 0.3 is 0 Å². The maximum atomic E-state index is 13.4. The highest BCUT2D eigenvalue weighted by atomic mass is 35.5. The summed E-state index contributed by atoms with van der Waals surface area (Å²) in [6.07, 6.45) is 0.395. The lowest BCUT2D eigenvalue weighted by atomic mass is 9.98. The minimum absolute atomic E-state index is 0.0473. The Bertz CT molecular complexity index is 1170. The summed E-state index contributed by atoms with van der Waals surface area (Å²) in [6.45, 7) is 4.50. The lowest BCUT2D eigenvalue weighted by Crippen LogP contribution is -2.31. The van der Waals surface area contributed by atoms with E-state index in [2.05, 4.69) is 0 Å². The third-order valence-electron chi connectivity index (χ3n) is 5.31. The summed E-state index contributed by atoms with van der Waals surface area (Å²) >= 11 is 6.24. The first-order valence-electron chi connectivity index (χ1n) is 9.87. The van der Waals surface area contributed by atoms with E-state index in [1.54, 1.807) is 17.0 Å². The summed E-state index contributed by atoms with van der Waals surface area (Å²) in [5, 5.41) is 10.1. The van der Waals surface area contributed by atoms with E-state index in [4.69, 9.17) is 20.8 Å². The molecule has 0 saturated carbocycles. The fraction of sp³-hybridized carbons (Fsp3) is 0.304. The van der Waals surface area contributed by atoms with Crippen LogP contribution in [0.3, 0.4) is 0 Å². The van der Waals surface area contributed by atoms with Crippen molar-refractivity contribution < 1.29 is 19.1 Å². The molecule has 2 heterocycles. The topological polar surface area (TPSA) is 80.0 Å². The Hall–Kier alpha value is -2.83. The van der Waals surface area contributed by atoms with E-state index in [1.165, 1.54) is 0 Å². The second-order valence-electron chi connectivity index (χ2n) is 7.25. The number of benzene rings is 2. The molecule has 1 aliphatic rings. The van der Waals surface area contributed by atoms with E-state index >= 15 is 0 Å². The van der Waals surface area contributed by atoms with Crippen molar-refractivity contribution in [1.82, 2.24) is 4.90 Å². The molecule has 1 N–H and O–H groups in total. The summed E-state index contributed by atoms with van der Waals surface area (Å²) in [7, 11) is 0. The fourth-order valence-corrected chi connectivity index (χ4v) is 4.04. The monoisotopic (exact) mass is 427 g/mol. The molecule has 156 valence electrons. The number of rotatable bonds is 6. The summed E-state index contributed by atoms with van der Waals surface area (Å²) in [6, 6.07) is 9.98. The van der Waals surface area contributed by atoms with E-state index in [0.717, 1.165) is 11.1 Å². The van der Waals surface area contributed by atoms with Crippen LogP contribution in [0.5, 0.6) is 5.75 Å². The summed E-state index contributed by atoms with van der Waals surface area (Å²) in [5.74, 6) is 0.399. The normalized spacial score (nSPS) is 15.7. The van der Waals surface area contributed by atoms with Crippen LogP contribution in [0.1, 0.15) is 46.6 Å². The van der Waals surface area contributed by atoms with Crippen LogP contribution in [0.2, 0.25) is 5.02 Å². The van der Waals surface area contributed by atoms with Crippen LogP contribution in [0.25, 0.3) is 11.0 Å². The molecular weight excluding hydrogens is 406 g/mol. The molecule has 0 radical (unpaired) electrons. The van der Waals surface area contributed by atoms with Gasteiger partial charge in [0.1, 0.15) is 11.3 Å². The van der Waals surface area contributed by atoms with Crippen molar-refractivity contribution in [3.63, 3.8) is 0 Å². The zero-order chi connectivity index (χ0) is 21.4. The second kappa shape index (κ2) is 8.13. The molecule has 1 atom stereocenters. The zero-order valence-electron chi connectivity index (χ0n) is 16.8. The lowest BCUT2D eigenvalue weighted by Gasteiger charge is -2.25. The first-order chi connectivity index (χ1) is 14.5. The van der Waals surface area contributed by atoms with Crippen molar-refractivity contribution in [2.45, 2.75) is 26.3 Å². The molecule has 1 amide bonds. The number of aliphatic hydroxyl groups is 1. The molecule has 0 saturated heterocycles. The zero-order valence-corrected chi connectivity index (χ0v) is 17.5. The molecule has 1 aromatic heterocycles. The highest BCUT2D eigenvalue weighted by Crippen LogP contribution is 2.39. The molecular formula is C23H22ClNO5. The SMILES string of the molecule is CCOc1ccc(C2c3c(oc4cc(C)c(Cl)cc4c3=O)C(=O)N2CCCO)cc1. The van der Waals surface area contributed by atoms with Gasteiger partial charge in [0.15, 0.2) is 5.43 Å². The summed E-state index contributed by atoms with van der Waals surface area (Å²) in [4.78, 5) is 28.2. The number of ether oxygens (including phenoxy) is 1. The van der Waals surface area contributed by atoms with Crippen LogP contribution in [0.15, 0.2) is 45.6 Å². The van der Waals surface area contributed by atoms with E-state index in [-0.39, 0.29) is 23.7 Å². The molecule has 0 fully saturated rings. The van der Waals surface area contributed by atoms with Gasteiger partial charge < -0.3 is 19.2 Å². The van der Waals surface area contributed by atoms with E-state index in [0.29, 0.717) is 46.9 Å². The van der Waals surface area contributed by atoms with Gasteiger partial charge in [-0.3, -0.25) is 9.59 Å².